The Hall–Kier alpha value is -2.10. The Labute approximate surface area is 102 Å². The van der Waals surface area contributed by atoms with Crippen LogP contribution in [0.3, 0.4) is 0 Å². The van der Waals surface area contributed by atoms with Crippen molar-refractivity contribution in [1.29, 1.82) is 0 Å². The lowest BCUT2D eigenvalue weighted by Crippen LogP contribution is -2.67. The average Bonchev–Trinajstić information content (AvgIpc) is 2.35. The van der Waals surface area contributed by atoms with Gasteiger partial charge in [0.25, 0.3) is 0 Å². The van der Waals surface area contributed by atoms with Gasteiger partial charge in [0.05, 0.1) is 18.3 Å². The molecule has 0 radical (unpaired) electrons. The fourth-order valence-corrected chi connectivity index (χ4v) is 1.02. The Morgan fingerprint density at radius 3 is 2.12 bits per heavy atom. The number of allylic oxidation sites excluding steroid dienone is 4. The van der Waals surface area contributed by atoms with Crippen LogP contribution in [0.2, 0.25) is 0 Å². The summed E-state index contributed by atoms with van der Waals surface area (Å²) in [6.45, 7) is 11.2. The zero-order chi connectivity index (χ0) is 13.3. The maximum Gasteiger partial charge on any atom is 0.224 e. The zero-order valence-electron chi connectivity index (χ0n) is 10.6. The third-order valence-electron chi connectivity index (χ3n) is 2.09. The summed E-state index contributed by atoms with van der Waals surface area (Å²) in [5.41, 5.74) is 1.51. The molecule has 0 amide bonds. The average molecular weight is 236 g/mol. The minimum atomic E-state index is 0.435. The molecule has 0 aliphatic heterocycles. The van der Waals surface area contributed by atoms with E-state index in [1.165, 1.54) is 6.21 Å². The lowest BCUT2D eigenvalue weighted by Gasteiger charge is -2.00. The fourth-order valence-electron chi connectivity index (χ4n) is 1.02. The molecule has 0 bridgehead atoms. The molecule has 0 aliphatic carbocycles. The third-order valence-corrected chi connectivity index (χ3v) is 2.09. The van der Waals surface area contributed by atoms with Crippen LogP contribution in [0, 0.1) is 0 Å². The van der Waals surface area contributed by atoms with Gasteiger partial charge in [-0.3, -0.25) is 5.41 Å². The number of hydrogen-bond acceptors (Lipinski definition) is 2. The van der Waals surface area contributed by atoms with Gasteiger partial charge in [-0.2, -0.15) is 0 Å². The van der Waals surface area contributed by atoms with E-state index in [4.69, 9.17) is 15.0 Å². The molecule has 17 heavy (non-hydrogen) atoms. The molecular formula is C13H20N2O2+2. The SMILES string of the molecule is C=C(OC)/C(C=[NH+]OC(=C)/C(C=[NH2+])=C\C)=C\C. The minimum absolute atomic E-state index is 0.435. The van der Waals surface area contributed by atoms with Crippen LogP contribution in [0.15, 0.2) is 48.0 Å². The highest BCUT2D eigenvalue weighted by Crippen LogP contribution is 2.03. The van der Waals surface area contributed by atoms with Crippen molar-refractivity contribution in [2.45, 2.75) is 13.8 Å². The molecule has 0 aromatic carbocycles. The van der Waals surface area contributed by atoms with E-state index >= 15 is 0 Å². The number of nitrogens with two attached hydrogens (primary N) is 1. The summed E-state index contributed by atoms with van der Waals surface area (Å²) < 4.78 is 5.00. The van der Waals surface area contributed by atoms with Gasteiger partial charge in [0.1, 0.15) is 5.76 Å². The largest absolute Gasteiger partial charge is 0.497 e. The lowest BCUT2D eigenvalue weighted by molar-refractivity contribution is -0.732. The molecule has 0 fully saturated rings. The number of ether oxygens (including phenoxy) is 1. The first-order valence-corrected chi connectivity index (χ1v) is 5.16. The standard InChI is InChI=1S/C13H18N2O2/c1-6-12(8-14)11(4)17-15-9-13(7-2)10(3)16-5/h6-9,14H,3-4H2,1-2,5H3/p+2/b12-6-,13-7-,14-8?,15-9?. The monoisotopic (exact) mass is 236 g/mol. The maximum absolute atomic E-state index is 5.39. The Balaban J connectivity index is 4.52. The summed E-state index contributed by atoms with van der Waals surface area (Å²) in [4.78, 5) is 5.20. The molecule has 0 aromatic heterocycles. The van der Waals surface area contributed by atoms with E-state index < -0.39 is 0 Å². The Morgan fingerprint density at radius 1 is 1.12 bits per heavy atom. The molecule has 0 saturated heterocycles. The molecule has 0 aromatic rings. The van der Waals surface area contributed by atoms with E-state index in [1.54, 1.807) is 19.4 Å². The molecule has 0 spiro atoms. The smallest absolute Gasteiger partial charge is 0.224 e. The molecule has 4 nitrogen and oxygen atoms in total. The van der Waals surface area contributed by atoms with E-state index in [1.807, 2.05) is 19.9 Å². The predicted molar refractivity (Wildman–Crippen MR) is 68.9 cm³/mol. The summed E-state index contributed by atoms with van der Waals surface area (Å²) in [6, 6.07) is 0. The molecule has 0 atom stereocenters. The van der Waals surface area contributed by atoms with Crippen LogP contribution in [0.5, 0.6) is 0 Å². The van der Waals surface area contributed by atoms with Crippen LogP contribution in [-0.4, -0.2) is 19.5 Å². The van der Waals surface area contributed by atoms with Crippen LogP contribution in [0.1, 0.15) is 13.8 Å². The van der Waals surface area contributed by atoms with Crippen molar-refractivity contribution in [3.05, 3.63) is 48.0 Å². The van der Waals surface area contributed by atoms with E-state index in [2.05, 4.69) is 18.3 Å². The van der Waals surface area contributed by atoms with Crippen LogP contribution in [0.25, 0.3) is 0 Å². The number of nitrogens with one attached hydrogen (secondary N) is 1. The van der Waals surface area contributed by atoms with Crippen molar-refractivity contribution in [2.75, 3.05) is 7.11 Å². The van der Waals surface area contributed by atoms with E-state index in [0.717, 1.165) is 11.1 Å². The summed E-state index contributed by atoms with van der Waals surface area (Å²) in [7, 11) is 1.56. The van der Waals surface area contributed by atoms with Gasteiger partial charge < -0.3 is 4.74 Å². The summed E-state index contributed by atoms with van der Waals surface area (Å²) in [5, 5.41) is 8.04. The van der Waals surface area contributed by atoms with Gasteiger partial charge >= 0.3 is 0 Å². The summed E-state index contributed by atoms with van der Waals surface area (Å²) in [5.74, 6) is 0.982. The van der Waals surface area contributed by atoms with E-state index in [-0.39, 0.29) is 0 Å². The minimum Gasteiger partial charge on any atom is -0.497 e. The molecular weight excluding hydrogens is 216 g/mol. The van der Waals surface area contributed by atoms with Gasteiger partial charge in [-0.15, -0.1) is 0 Å². The molecule has 4 heteroatoms. The highest BCUT2D eigenvalue weighted by molar-refractivity contribution is 5.79. The molecule has 0 heterocycles. The van der Waals surface area contributed by atoms with Gasteiger partial charge in [0.2, 0.25) is 12.0 Å². The van der Waals surface area contributed by atoms with Gasteiger partial charge in [-0.05, 0) is 25.6 Å². The van der Waals surface area contributed by atoms with Crippen LogP contribution >= 0.6 is 0 Å². The highest BCUT2D eigenvalue weighted by atomic mass is 16.6. The number of methoxy groups -OCH3 is 1. The molecule has 3 N–H and O–H groups in total. The first kappa shape index (κ1) is 14.9. The van der Waals surface area contributed by atoms with Crippen molar-refractivity contribution in [2.24, 2.45) is 0 Å². The lowest BCUT2D eigenvalue weighted by atomic mass is 10.2. The Bertz CT molecular complexity index is 390. The predicted octanol–water partition coefficient (Wildman–Crippen LogP) is -0.534. The van der Waals surface area contributed by atoms with Gasteiger partial charge in [-0.25, -0.2) is 4.84 Å². The second-order valence-electron chi connectivity index (χ2n) is 3.07. The molecule has 92 valence electrons. The Kier molecular flexibility index (Phi) is 7.10. The van der Waals surface area contributed by atoms with Crippen molar-refractivity contribution < 1.29 is 20.1 Å². The van der Waals surface area contributed by atoms with Crippen molar-refractivity contribution in [3.8, 4) is 0 Å². The molecule has 0 unspecified atom stereocenters. The highest BCUT2D eigenvalue weighted by Gasteiger charge is 2.06. The third kappa shape index (κ3) is 4.97. The van der Waals surface area contributed by atoms with Crippen LogP contribution in [-0.2, 0) is 9.57 Å². The Morgan fingerprint density at radius 2 is 1.71 bits per heavy atom. The van der Waals surface area contributed by atoms with Gasteiger partial charge in [0.15, 0.2) is 6.21 Å². The number of rotatable bonds is 7. The number of hydrogen-bond donors (Lipinski definition) is 2. The van der Waals surface area contributed by atoms with Gasteiger partial charge in [-0.1, -0.05) is 18.7 Å². The van der Waals surface area contributed by atoms with Gasteiger partial charge in [0, 0.05) is 0 Å². The van der Waals surface area contributed by atoms with Crippen molar-refractivity contribution in [1.82, 2.24) is 0 Å². The van der Waals surface area contributed by atoms with Crippen LogP contribution in [0.4, 0.5) is 0 Å². The first-order chi connectivity index (χ1) is 8.10. The first-order valence-electron chi connectivity index (χ1n) is 5.16. The molecule has 0 saturated carbocycles. The zero-order valence-corrected chi connectivity index (χ0v) is 10.6. The normalized spacial score (nSPS) is 12.4. The maximum atomic E-state index is 5.39. The van der Waals surface area contributed by atoms with Crippen molar-refractivity contribution >= 4 is 12.4 Å². The fraction of sp³-hybridized carbons (Fsp3) is 0.231. The van der Waals surface area contributed by atoms with E-state index in [0.29, 0.717) is 11.5 Å². The summed E-state index contributed by atoms with van der Waals surface area (Å²) >= 11 is 0. The topological polar surface area (TPSA) is 58.0 Å². The molecule has 0 rings (SSSR count). The quantitative estimate of drug-likeness (QED) is 0.270. The van der Waals surface area contributed by atoms with Crippen molar-refractivity contribution in [3.63, 3.8) is 0 Å². The summed E-state index contributed by atoms with van der Waals surface area (Å²) in [6.07, 6.45) is 6.70. The second kappa shape index (κ2) is 8.10. The molecule has 0 aliphatic rings. The second-order valence-corrected chi connectivity index (χ2v) is 3.07. The van der Waals surface area contributed by atoms with E-state index in [9.17, 15) is 0 Å². The van der Waals surface area contributed by atoms with Crippen LogP contribution < -0.4 is 10.6 Å².